The fourth-order valence-corrected chi connectivity index (χ4v) is 2.13. The number of carbonyl (C=O) groups is 1. The van der Waals surface area contributed by atoms with Crippen LogP contribution in [0.25, 0.3) is 11.5 Å². The molecule has 0 unspecified atom stereocenters. The summed E-state index contributed by atoms with van der Waals surface area (Å²) in [4.78, 5) is 12.1. The lowest BCUT2D eigenvalue weighted by molar-refractivity contribution is 0.102. The van der Waals surface area contributed by atoms with Crippen molar-refractivity contribution in [1.82, 2.24) is 10.2 Å². The van der Waals surface area contributed by atoms with Crippen LogP contribution in [-0.4, -0.2) is 22.7 Å². The van der Waals surface area contributed by atoms with E-state index in [4.69, 9.17) is 9.15 Å². The number of aromatic nitrogens is 2. The van der Waals surface area contributed by atoms with Gasteiger partial charge in [0.2, 0.25) is 5.89 Å². The van der Waals surface area contributed by atoms with Gasteiger partial charge in [-0.2, -0.15) is 0 Å². The first kappa shape index (κ1) is 15.7. The highest BCUT2D eigenvalue weighted by Gasteiger charge is 2.12. The van der Waals surface area contributed by atoms with E-state index in [1.807, 2.05) is 50.2 Å². The average Bonchev–Trinajstić information content (AvgIpc) is 3.05. The predicted molar refractivity (Wildman–Crippen MR) is 90.0 cm³/mol. The Hall–Kier alpha value is -3.15. The Kier molecular flexibility index (Phi) is 4.56. The number of nitrogens with one attached hydrogen (secondary N) is 1. The number of benzene rings is 2. The van der Waals surface area contributed by atoms with Crippen molar-refractivity contribution in [2.24, 2.45) is 0 Å². The van der Waals surface area contributed by atoms with Crippen LogP contribution in [0.2, 0.25) is 0 Å². The fraction of sp³-hybridized carbons (Fsp3) is 0.167. The number of hydrogen-bond donors (Lipinski definition) is 1. The standard InChI is InChI=1S/C18H17N3O3/c1-3-23-15-10-8-14(9-11-15)17-20-21-18(24-17)19-16(22)13-6-4-12(2)5-7-13/h4-11H,3H2,1-2H3,(H,19,21,22). The molecule has 3 aromatic rings. The Morgan fingerprint density at radius 1 is 1.08 bits per heavy atom. The number of aryl methyl sites for hydroxylation is 1. The summed E-state index contributed by atoms with van der Waals surface area (Å²) in [7, 11) is 0. The van der Waals surface area contributed by atoms with Crippen molar-refractivity contribution in [2.45, 2.75) is 13.8 Å². The smallest absolute Gasteiger partial charge is 0.322 e. The lowest BCUT2D eigenvalue weighted by atomic mass is 10.1. The number of hydrogen-bond acceptors (Lipinski definition) is 5. The largest absolute Gasteiger partial charge is 0.494 e. The SMILES string of the molecule is CCOc1ccc(-c2nnc(NC(=O)c3ccc(C)cc3)o2)cc1. The maximum absolute atomic E-state index is 12.1. The van der Waals surface area contributed by atoms with Gasteiger partial charge >= 0.3 is 6.01 Å². The summed E-state index contributed by atoms with van der Waals surface area (Å²) in [6, 6.07) is 14.6. The van der Waals surface area contributed by atoms with Crippen molar-refractivity contribution < 1.29 is 13.9 Å². The maximum Gasteiger partial charge on any atom is 0.322 e. The molecule has 0 atom stereocenters. The van der Waals surface area contributed by atoms with E-state index < -0.39 is 0 Å². The number of nitrogens with zero attached hydrogens (tertiary/aromatic N) is 2. The van der Waals surface area contributed by atoms with Crippen molar-refractivity contribution in [3.8, 4) is 17.2 Å². The van der Waals surface area contributed by atoms with Crippen molar-refractivity contribution in [1.29, 1.82) is 0 Å². The zero-order chi connectivity index (χ0) is 16.9. The van der Waals surface area contributed by atoms with Crippen LogP contribution in [0.15, 0.2) is 52.9 Å². The molecule has 0 spiro atoms. The van der Waals surface area contributed by atoms with Gasteiger partial charge in [0.05, 0.1) is 6.61 Å². The molecule has 0 bridgehead atoms. The predicted octanol–water partition coefficient (Wildman–Crippen LogP) is 3.70. The van der Waals surface area contributed by atoms with E-state index in [1.54, 1.807) is 12.1 Å². The lowest BCUT2D eigenvalue weighted by Crippen LogP contribution is -2.11. The number of ether oxygens (including phenoxy) is 1. The summed E-state index contributed by atoms with van der Waals surface area (Å²) in [5, 5.41) is 10.4. The Balaban J connectivity index is 1.71. The third-order valence-electron chi connectivity index (χ3n) is 3.37. The Bertz CT molecular complexity index is 823. The third kappa shape index (κ3) is 3.60. The van der Waals surface area contributed by atoms with Crippen LogP contribution >= 0.6 is 0 Å². The minimum absolute atomic E-state index is 0.0597. The van der Waals surface area contributed by atoms with Gasteiger partial charge in [0.15, 0.2) is 0 Å². The summed E-state index contributed by atoms with van der Waals surface area (Å²) in [6.45, 7) is 4.49. The molecule has 6 heteroatoms. The van der Waals surface area contributed by atoms with Gasteiger partial charge < -0.3 is 9.15 Å². The first-order chi connectivity index (χ1) is 11.7. The second-order valence-corrected chi connectivity index (χ2v) is 5.19. The molecule has 0 aliphatic rings. The molecule has 0 fully saturated rings. The normalized spacial score (nSPS) is 10.4. The molecule has 0 radical (unpaired) electrons. The minimum atomic E-state index is -0.295. The first-order valence-corrected chi connectivity index (χ1v) is 7.60. The molecule has 3 rings (SSSR count). The third-order valence-corrected chi connectivity index (χ3v) is 3.37. The second-order valence-electron chi connectivity index (χ2n) is 5.19. The van der Waals surface area contributed by atoms with Gasteiger partial charge in [0.25, 0.3) is 5.91 Å². The number of amides is 1. The first-order valence-electron chi connectivity index (χ1n) is 7.60. The van der Waals surface area contributed by atoms with Crippen LogP contribution < -0.4 is 10.1 Å². The maximum atomic E-state index is 12.1. The van der Waals surface area contributed by atoms with Crippen LogP contribution in [0.1, 0.15) is 22.8 Å². The van der Waals surface area contributed by atoms with Gasteiger partial charge in [0.1, 0.15) is 5.75 Å². The molecule has 0 aliphatic heterocycles. The van der Waals surface area contributed by atoms with Crippen molar-refractivity contribution >= 4 is 11.9 Å². The van der Waals surface area contributed by atoms with E-state index in [0.717, 1.165) is 16.9 Å². The van der Waals surface area contributed by atoms with Gasteiger partial charge in [-0.15, -0.1) is 5.10 Å². The summed E-state index contributed by atoms with van der Waals surface area (Å²) in [6.07, 6.45) is 0. The highest BCUT2D eigenvalue weighted by Crippen LogP contribution is 2.22. The number of carbonyl (C=O) groups excluding carboxylic acids is 1. The van der Waals surface area contributed by atoms with E-state index >= 15 is 0 Å². The molecule has 1 amide bonds. The van der Waals surface area contributed by atoms with Crippen LogP contribution in [0.5, 0.6) is 5.75 Å². The van der Waals surface area contributed by atoms with Gasteiger partial charge in [-0.1, -0.05) is 22.8 Å². The van der Waals surface area contributed by atoms with Crippen molar-refractivity contribution in [2.75, 3.05) is 11.9 Å². The number of anilines is 1. The van der Waals surface area contributed by atoms with E-state index in [1.165, 1.54) is 0 Å². The highest BCUT2D eigenvalue weighted by atomic mass is 16.5. The monoisotopic (exact) mass is 323 g/mol. The molecular formula is C18H17N3O3. The Morgan fingerprint density at radius 2 is 1.79 bits per heavy atom. The van der Waals surface area contributed by atoms with E-state index in [9.17, 15) is 4.79 Å². The van der Waals surface area contributed by atoms with Gasteiger partial charge in [0, 0.05) is 11.1 Å². The van der Waals surface area contributed by atoms with E-state index in [0.29, 0.717) is 18.1 Å². The molecule has 122 valence electrons. The number of rotatable bonds is 5. The van der Waals surface area contributed by atoms with Crippen molar-refractivity contribution in [3.63, 3.8) is 0 Å². The van der Waals surface area contributed by atoms with Crippen LogP contribution in [-0.2, 0) is 0 Å². The quantitative estimate of drug-likeness (QED) is 0.774. The average molecular weight is 323 g/mol. The summed E-state index contributed by atoms with van der Waals surface area (Å²) >= 11 is 0. The molecule has 1 N–H and O–H groups in total. The summed E-state index contributed by atoms with van der Waals surface area (Å²) in [5.74, 6) is 0.808. The zero-order valence-corrected chi connectivity index (χ0v) is 13.4. The van der Waals surface area contributed by atoms with E-state index in [2.05, 4.69) is 15.5 Å². The molecule has 1 heterocycles. The molecule has 2 aromatic carbocycles. The topological polar surface area (TPSA) is 77.3 Å². The van der Waals surface area contributed by atoms with Crippen molar-refractivity contribution in [3.05, 3.63) is 59.7 Å². The van der Waals surface area contributed by atoms with Gasteiger partial charge in [-0.05, 0) is 50.2 Å². The molecular weight excluding hydrogens is 306 g/mol. The van der Waals surface area contributed by atoms with E-state index in [-0.39, 0.29) is 11.9 Å². The summed E-state index contributed by atoms with van der Waals surface area (Å²) < 4.78 is 10.9. The van der Waals surface area contributed by atoms with Crippen LogP contribution in [0.4, 0.5) is 6.01 Å². The highest BCUT2D eigenvalue weighted by molar-refractivity contribution is 6.03. The second kappa shape index (κ2) is 6.95. The van der Waals surface area contributed by atoms with Crippen LogP contribution in [0.3, 0.4) is 0 Å². The van der Waals surface area contributed by atoms with Gasteiger partial charge in [-0.3, -0.25) is 10.1 Å². The Morgan fingerprint density at radius 3 is 2.46 bits per heavy atom. The molecule has 0 aliphatic carbocycles. The zero-order valence-electron chi connectivity index (χ0n) is 13.4. The summed E-state index contributed by atoms with van der Waals surface area (Å²) in [5.41, 5.74) is 2.37. The molecule has 6 nitrogen and oxygen atoms in total. The van der Waals surface area contributed by atoms with Gasteiger partial charge in [-0.25, -0.2) is 0 Å². The fourth-order valence-electron chi connectivity index (χ4n) is 2.13. The molecule has 24 heavy (non-hydrogen) atoms. The minimum Gasteiger partial charge on any atom is -0.494 e. The Labute approximate surface area is 139 Å². The lowest BCUT2D eigenvalue weighted by Gasteiger charge is -2.02. The molecule has 0 saturated heterocycles. The van der Waals surface area contributed by atoms with Crippen LogP contribution in [0, 0.1) is 6.92 Å². The molecule has 0 saturated carbocycles. The molecule has 1 aromatic heterocycles.